The molecule has 156 valence electrons. The number of benzene rings is 2. The Kier molecular flexibility index (Phi) is 11.4. The molecule has 0 radical (unpaired) electrons. The lowest BCUT2D eigenvalue weighted by atomic mass is 10.0. The van der Waals surface area contributed by atoms with Gasteiger partial charge in [0.1, 0.15) is 0 Å². The summed E-state index contributed by atoms with van der Waals surface area (Å²) in [5, 5.41) is 19.2. The van der Waals surface area contributed by atoms with Crippen LogP contribution in [0.3, 0.4) is 0 Å². The third-order valence-corrected chi connectivity index (χ3v) is 4.19. The Morgan fingerprint density at radius 3 is 2.46 bits per heavy atom. The Morgan fingerprint density at radius 1 is 1.07 bits per heavy atom. The first-order valence-corrected chi connectivity index (χ1v) is 9.79. The zero-order valence-corrected chi connectivity index (χ0v) is 19.6. The third kappa shape index (κ3) is 8.32. The van der Waals surface area contributed by atoms with E-state index < -0.39 is 6.10 Å². The summed E-state index contributed by atoms with van der Waals surface area (Å²) in [6.45, 7) is 10.3. The fourth-order valence-corrected chi connectivity index (χ4v) is 2.77. The van der Waals surface area contributed by atoms with E-state index in [4.69, 9.17) is 4.74 Å². The van der Waals surface area contributed by atoms with Crippen LogP contribution in [-0.2, 0) is 4.74 Å². The molecule has 0 aliphatic heterocycles. The summed E-state index contributed by atoms with van der Waals surface area (Å²) in [5.41, 5.74) is 1.19. The van der Waals surface area contributed by atoms with Crippen molar-refractivity contribution in [2.24, 2.45) is 10.9 Å². The van der Waals surface area contributed by atoms with Crippen molar-refractivity contribution in [2.45, 2.75) is 39.8 Å². The molecule has 2 atom stereocenters. The molecular weight excluding hydrogens is 465 g/mol. The second kappa shape index (κ2) is 13.0. The molecule has 2 rings (SSSR count). The van der Waals surface area contributed by atoms with Crippen molar-refractivity contribution in [1.29, 1.82) is 0 Å². The normalized spacial score (nSPS) is 13.9. The molecule has 2 aromatic carbocycles. The maximum atomic E-state index is 10.1. The van der Waals surface area contributed by atoms with Crippen LogP contribution >= 0.6 is 24.0 Å². The van der Waals surface area contributed by atoms with Crippen LogP contribution < -0.4 is 10.6 Å². The minimum Gasteiger partial charge on any atom is -0.389 e. The smallest absolute Gasteiger partial charge is 0.191 e. The average molecular weight is 499 g/mol. The number of aliphatic hydroxyl groups excluding tert-OH is 1. The van der Waals surface area contributed by atoms with Gasteiger partial charge in [0.2, 0.25) is 0 Å². The van der Waals surface area contributed by atoms with E-state index in [0.29, 0.717) is 31.6 Å². The van der Waals surface area contributed by atoms with Crippen molar-refractivity contribution in [3.63, 3.8) is 0 Å². The van der Waals surface area contributed by atoms with Gasteiger partial charge >= 0.3 is 0 Å². The summed E-state index contributed by atoms with van der Waals surface area (Å²) in [5.74, 6) is 1.16. The number of fused-ring (bicyclic) bond motifs is 1. The minimum atomic E-state index is -0.602. The summed E-state index contributed by atoms with van der Waals surface area (Å²) < 4.78 is 5.48. The largest absolute Gasteiger partial charge is 0.389 e. The summed E-state index contributed by atoms with van der Waals surface area (Å²) in [6, 6.07) is 14.9. The van der Waals surface area contributed by atoms with Crippen molar-refractivity contribution in [3.05, 3.63) is 48.0 Å². The van der Waals surface area contributed by atoms with Crippen LogP contribution in [0.25, 0.3) is 10.8 Å². The number of halogens is 1. The van der Waals surface area contributed by atoms with Crippen molar-refractivity contribution >= 4 is 40.7 Å². The molecule has 0 fully saturated rings. The maximum absolute atomic E-state index is 10.1. The van der Waals surface area contributed by atoms with Crippen LogP contribution in [0.5, 0.6) is 0 Å². The highest BCUT2D eigenvalue weighted by Gasteiger charge is 2.10. The quantitative estimate of drug-likeness (QED) is 0.276. The Balaban J connectivity index is 0.00000392. The lowest BCUT2D eigenvalue weighted by Crippen LogP contribution is -2.39. The van der Waals surface area contributed by atoms with Crippen LogP contribution in [0.15, 0.2) is 47.5 Å². The van der Waals surface area contributed by atoms with E-state index in [9.17, 15) is 5.11 Å². The number of hydrogen-bond donors (Lipinski definition) is 3. The van der Waals surface area contributed by atoms with E-state index in [1.165, 1.54) is 16.3 Å². The zero-order chi connectivity index (χ0) is 19.6. The standard InChI is InChI=1S/C22H33N3O2.HI/c1-5-23-22(24-13-21(26)15-27-14-16(2)3)25-17(4)19-11-10-18-8-6-7-9-20(18)12-19;/h6-12,16-17,21,26H,5,13-15H2,1-4H3,(H2,23,24,25);1H. The summed E-state index contributed by atoms with van der Waals surface area (Å²) in [4.78, 5) is 4.50. The molecule has 28 heavy (non-hydrogen) atoms. The molecule has 0 spiro atoms. The number of guanidine groups is 1. The molecule has 3 N–H and O–H groups in total. The molecule has 2 aromatic rings. The zero-order valence-electron chi connectivity index (χ0n) is 17.3. The fourth-order valence-electron chi connectivity index (χ4n) is 2.77. The fraction of sp³-hybridized carbons (Fsp3) is 0.500. The molecule has 6 heteroatoms. The first kappa shape index (κ1) is 24.7. The van der Waals surface area contributed by atoms with E-state index in [1.807, 2.05) is 6.92 Å². The van der Waals surface area contributed by atoms with Crippen LogP contribution in [0.2, 0.25) is 0 Å². The van der Waals surface area contributed by atoms with Gasteiger partial charge in [0.25, 0.3) is 0 Å². The van der Waals surface area contributed by atoms with Crippen molar-refractivity contribution in [3.8, 4) is 0 Å². The number of aliphatic imine (C=N–C) groups is 1. The number of nitrogens with zero attached hydrogens (tertiary/aromatic N) is 1. The van der Waals surface area contributed by atoms with Gasteiger partial charge < -0.3 is 20.5 Å². The number of ether oxygens (including phenoxy) is 1. The number of nitrogens with one attached hydrogen (secondary N) is 2. The summed E-state index contributed by atoms with van der Waals surface area (Å²) >= 11 is 0. The van der Waals surface area contributed by atoms with Gasteiger partial charge in [-0.15, -0.1) is 24.0 Å². The van der Waals surface area contributed by atoms with Crippen LogP contribution in [0.4, 0.5) is 0 Å². The Bertz CT molecular complexity index is 737. The molecule has 0 aliphatic carbocycles. The van der Waals surface area contributed by atoms with E-state index in [1.54, 1.807) is 0 Å². The lowest BCUT2D eigenvalue weighted by Gasteiger charge is -2.19. The van der Waals surface area contributed by atoms with E-state index in [0.717, 1.165) is 6.54 Å². The van der Waals surface area contributed by atoms with Gasteiger partial charge in [0.05, 0.1) is 25.3 Å². The van der Waals surface area contributed by atoms with Gasteiger partial charge in [0, 0.05) is 13.2 Å². The molecule has 0 saturated carbocycles. The summed E-state index contributed by atoms with van der Waals surface area (Å²) in [6.07, 6.45) is -0.602. The molecule has 0 aromatic heterocycles. The van der Waals surface area contributed by atoms with Crippen LogP contribution in [0, 0.1) is 5.92 Å². The molecule has 0 saturated heterocycles. The lowest BCUT2D eigenvalue weighted by molar-refractivity contribution is 0.0301. The second-order valence-electron chi connectivity index (χ2n) is 7.28. The highest BCUT2D eigenvalue weighted by Crippen LogP contribution is 2.20. The molecular formula is C22H34IN3O2. The van der Waals surface area contributed by atoms with E-state index >= 15 is 0 Å². The molecule has 0 bridgehead atoms. The maximum Gasteiger partial charge on any atom is 0.191 e. The predicted molar refractivity (Wildman–Crippen MR) is 129 cm³/mol. The molecule has 0 heterocycles. The highest BCUT2D eigenvalue weighted by molar-refractivity contribution is 14.0. The highest BCUT2D eigenvalue weighted by atomic mass is 127. The molecule has 5 nitrogen and oxygen atoms in total. The van der Waals surface area contributed by atoms with Crippen molar-refractivity contribution in [1.82, 2.24) is 10.6 Å². The van der Waals surface area contributed by atoms with E-state index in [-0.39, 0.29) is 30.0 Å². The SMILES string of the molecule is CCNC(=NCC(O)COCC(C)C)NC(C)c1ccc2ccccc2c1.I. The Hall–Kier alpha value is -1.38. The monoisotopic (exact) mass is 499 g/mol. The van der Waals surface area contributed by atoms with Gasteiger partial charge in [-0.1, -0.05) is 50.2 Å². The first-order valence-electron chi connectivity index (χ1n) is 9.79. The molecule has 0 amide bonds. The van der Waals surface area contributed by atoms with E-state index in [2.05, 4.69) is 78.9 Å². The molecule has 2 unspecified atom stereocenters. The van der Waals surface area contributed by atoms with Gasteiger partial charge in [-0.2, -0.15) is 0 Å². The summed E-state index contributed by atoms with van der Waals surface area (Å²) in [7, 11) is 0. The van der Waals surface area contributed by atoms with Gasteiger partial charge in [0.15, 0.2) is 5.96 Å². The Morgan fingerprint density at radius 2 is 1.79 bits per heavy atom. The van der Waals surface area contributed by atoms with Crippen LogP contribution in [-0.4, -0.2) is 43.5 Å². The van der Waals surface area contributed by atoms with Gasteiger partial charge in [-0.3, -0.25) is 4.99 Å². The number of rotatable bonds is 9. The van der Waals surface area contributed by atoms with Crippen LogP contribution in [0.1, 0.15) is 39.3 Å². The first-order chi connectivity index (χ1) is 13.0. The average Bonchev–Trinajstić information content (AvgIpc) is 2.65. The third-order valence-electron chi connectivity index (χ3n) is 4.19. The number of hydrogen-bond acceptors (Lipinski definition) is 3. The van der Waals surface area contributed by atoms with Crippen molar-refractivity contribution < 1.29 is 9.84 Å². The van der Waals surface area contributed by atoms with Gasteiger partial charge in [-0.25, -0.2) is 0 Å². The minimum absolute atomic E-state index is 0. The van der Waals surface area contributed by atoms with Gasteiger partial charge in [-0.05, 0) is 42.2 Å². The number of aliphatic hydroxyl groups is 1. The topological polar surface area (TPSA) is 65.9 Å². The Labute approximate surface area is 186 Å². The molecule has 0 aliphatic rings. The van der Waals surface area contributed by atoms with Crippen molar-refractivity contribution in [2.75, 3.05) is 26.3 Å². The predicted octanol–water partition coefficient (Wildman–Crippen LogP) is 4.11. The second-order valence-corrected chi connectivity index (χ2v) is 7.28.